The van der Waals surface area contributed by atoms with Gasteiger partial charge in [-0.2, -0.15) is 0 Å². The van der Waals surface area contributed by atoms with E-state index in [0.29, 0.717) is 12.8 Å². The van der Waals surface area contributed by atoms with Gasteiger partial charge in [-0.05, 0) is 45.2 Å². The van der Waals surface area contributed by atoms with Crippen molar-refractivity contribution in [3.8, 4) is 0 Å². The highest BCUT2D eigenvalue weighted by Gasteiger charge is 2.20. The lowest BCUT2D eigenvalue weighted by Gasteiger charge is -2.19. The van der Waals surface area contributed by atoms with Gasteiger partial charge in [0.25, 0.3) is 0 Å². The SMILES string of the molecule is CC(=O)SCC(CCc1cnc(NC(=O)OC(C)(C)C)c(Cl)c1)C(=O)O. The maximum Gasteiger partial charge on any atom is 0.413 e. The van der Waals surface area contributed by atoms with Crippen molar-refractivity contribution < 1.29 is 24.2 Å². The van der Waals surface area contributed by atoms with E-state index in [-0.39, 0.29) is 21.7 Å². The van der Waals surface area contributed by atoms with E-state index in [0.717, 1.165) is 17.3 Å². The molecule has 1 amide bonds. The molecule has 7 nitrogen and oxygen atoms in total. The second-order valence-corrected chi connectivity index (χ2v) is 8.28. The van der Waals surface area contributed by atoms with Crippen molar-refractivity contribution in [2.24, 2.45) is 5.92 Å². The van der Waals surface area contributed by atoms with E-state index in [9.17, 15) is 19.5 Å². The highest BCUT2D eigenvalue weighted by Crippen LogP contribution is 2.23. The highest BCUT2D eigenvalue weighted by atomic mass is 35.5. The van der Waals surface area contributed by atoms with Gasteiger partial charge in [-0.25, -0.2) is 9.78 Å². The quantitative estimate of drug-likeness (QED) is 0.709. The number of hydrogen-bond donors (Lipinski definition) is 2. The number of nitrogens with one attached hydrogen (secondary N) is 1. The fourth-order valence-corrected chi connectivity index (χ4v) is 2.92. The molecule has 9 heteroatoms. The zero-order valence-corrected chi connectivity index (χ0v) is 16.7. The first-order valence-corrected chi connectivity index (χ1v) is 9.35. The van der Waals surface area contributed by atoms with Crippen molar-refractivity contribution >= 4 is 46.4 Å². The number of halogens is 1. The van der Waals surface area contributed by atoms with Gasteiger partial charge in [0.05, 0.1) is 10.9 Å². The summed E-state index contributed by atoms with van der Waals surface area (Å²) in [4.78, 5) is 38.1. The second kappa shape index (κ2) is 9.78. The minimum absolute atomic E-state index is 0.112. The largest absolute Gasteiger partial charge is 0.481 e. The van der Waals surface area contributed by atoms with Gasteiger partial charge in [0.2, 0.25) is 0 Å². The third-order valence-corrected chi connectivity index (χ3v) is 4.40. The second-order valence-electron chi connectivity index (χ2n) is 6.68. The summed E-state index contributed by atoms with van der Waals surface area (Å²) < 4.78 is 5.13. The van der Waals surface area contributed by atoms with Crippen LogP contribution in [-0.4, -0.2) is 38.6 Å². The number of rotatable bonds is 7. The summed E-state index contributed by atoms with van der Waals surface area (Å²) >= 11 is 7.12. The van der Waals surface area contributed by atoms with Crippen LogP contribution in [0.2, 0.25) is 5.02 Å². The molecule has 144 valence electrons. The Morgan fingerprint density at radius 3 is 2.54 bits per heavy atom. The van der Waals surface area contributed by atoms with Crippen LogP contribution in [0.25, 0.3) is 0 Å². The van der Waals surface area contributed by atoms with E-state index in [1.165, 1.54) is 13.1 Å². The van der Waals surface area contributed by atoms with Crippen LogP contribution in [0.15, 0.2) is 12.3 Å². The first kappa shape index (κ1) is 22.2. The third-order valence-electron chi connectivity index (χ3n) is 3.14. The van der Waals surface area contributed by atoms with Crippen LogP contribution in [0.1, 0.15) is 39.7 Å². The molecule has 0 bridgehead atoms. The van der Waals surface area contributed by atoms with E-state index in [1.54, 1.807) is 26.8 Å². The van der Waals surface area contributed by atoms with Crippen LogP contribution >= 0.6 is 23.4 Å². The van der Waals surface area contributed by atoms with Crippen LogP contribution in [0.5, 0.6) is 0 Å². The molecule has 0 aromatic carbocycles. The molecule has 0 saturated heterocycles. The number of thioether (sulfide) groups is 1. The average Bonchev–Trinajstić information content (AvgIpc) is 2.47. The molecule has 0 radical (unpaired) electrons. The number of anilines is 1. The summed E-state index contributed by atoms with van der Waals surface area (Å²) in [5, 5.41) is 11.8. The predicted octanol–water partition coefficient (Wildman–Crippen LogP) is 4.00. The number of amides is 1. The fourth-order valence-electron chi connectivity index (χ4n) is 1.94. The molecule has 0 aliphatic rings. The summed E-state index contributed by atoms with van der Waals surface area (Å²) in [7, 11) is 0. The highest BCUT2D eigenvalue weighted by molar-refractivity contribution is 8.13. The van der Waals surface area contributed by atoms with Crippen molar-refractivity contribution in [1.82, 2.24) is 4.98 Å². The Kier molecular flexibility index (Phi) is 8.36. The molecule has 1 heterocycles. The van der Waals surface area contributed by atoms with E-state index in [4.69, 9.17) is 16.3 Å². The first-order chi connectivity index (χ1) is 12.0. The van der Waals surface area contributed by atoms with Crippen molar-refractivity contribution in [3.05, 3.63) is 22.8 Å². The molecule has 0 fully saturated rings. The number of ether oxygens (including phenoxy) is 1. The molecule has 1 aromatic heterocycles. The van der Waals surface area contributed by atoms with Crippen molar-refractivity contribution in [2.45, 2.75) is 46.1 Å². The number of aryl methyl sites for hydroxylation is 1. The Balaban J connectivity index is 2.67. The van der Waals surface area contributed by atoms with Gasteiger partial charge < -0.3 is 9.84 Å². The molecule has 0 spiro atoms. The van der Waals surface area contributed by atoms with E-state index in [1.807, 2.05) is 0 Å². The molecule has 1 aromatic rings. The zero-order valence-electron chi connectivity index (χ0n) is 15.2. The number of carbonyl (C=O) groups excluding carboxylic acids is 2. The average molecular weight is 403 g/mol. The third kappa shape index (κ3) is 8.53. The smallest absolute Gasteiger partial charge is 0.413 e. The number of nitrogens with zero attached hydrogens (tertiary/aromatic N) is 1. The summed E-state index contributed by atoms with van der Waals surface area (Å²) in [5.74, 6) is -1.18. The van der Waals surface area contributed by atoms with E-state index < -0.39 is 23.6 Å². The molecule has 26 heavy (non-hydrogen) atoms. The standard InChI is InChI=1S/C17H23ClN2O5S/c1-10(21)26-9-12(15(22)23)6-5-11-7-13(18)14(19-8-11)20-16(24)25-17(2,3)4/h7-8,12H,5-6,9H2,1-4H3,(H,22,23)(H,19,20,24). The summed E-state index contributed by atoms with van der Waals surface area (Å²) in [6, 6.07) is 1.62. The molecule has 0 aliphatic carbocycles. The first-order valence-electron chi connectivity index (χ1n) is 7.98. The van der Waals surface area contributed by atoms with Crippen molar-refractivity contribution in [3.63, 3.8) is 0 Å². The van der Waals surface area contributed by atoms with Gasteiger partial charge in [0.15, 0.2) is 10.9 Å². The minimum Gasteiger partial charge on any atom is -0.481 e. The van der Waals surface area contributed by atoms with Crippen molar-refractivity contribution in [1.29, 1.82) is 0 Å². The Morgan fingerprint density at radius 2 is 2.04 bits per heavy atom. The number of pyridine rings is 1. The Hall–Kier alpha value is -1.80. The van der Waals surface area contributed by atoms with Crippen LogP contribution in [0, 0.1) is 5.92 Å². The van der Waals surface area contributed by atoms with Crippen LogP contribution in [0.3, 0.4) is 0 Å². The lowest BCUT2D eigenvalue weighted by molar-refractivity contribution is -0.141. The summed E-state index contributed by atoms with van der Waals surface area (Å²) in [5.41, 5.74) is 0.101. The topological polar surface area (TPSA) is 106 Å². The fraction of sp³-hybridized carbons (Fsp3) is 0.529. The Labute approximate surface area is 161 Å². The van der Waals surface area contributed by atoms with Crippen molar-refractivity contribution in [2.75, 3.05) is 11.1 Å². The summed E-state index contributed by atoms with van der Waals surface area (Å²) in [6.45, 7) is 6.64. The lowest BCUT2D eigenvalue weighted by Crippen LogP contribution is -2.27. The number of carboxylic acid groups (broad SMARTS) is 1. The number of aliphatic carboxylic acids is 1. The van der Waals surface area contributed by atoms with Gasteiger partial charge >= 0.3 is 12.1 Å². The van der Waals surface area contributed by atoms with Gasteiger partial charge in [-0.1, -0.05) is 23.4 Å². The van der Waals surface area contributed by atoms with E-state index >= 15 is 0 Å². The maximum atomic E-state index is 11.8. The van der Waals surface area contributed by atoms with Gasteiger partial charge in [-0.15, -0.1) is 0 Å². The number of aromatic nitrogens is 1. The molecule has 1 unspecified atom stereocenters. The number of hydrogen-bond acceptors (Lipinski definition) is 6. The normalized spacial score (nSPS) is 12.3. The summed E-state index contributed by atoms with van der Waals surface area (Å²) in [6.07, 6.45) is 1.66. The Morgan fingerprint density at radius 1 is 1.38 bits per heavy atom. The maximum absolute atomic E-state index is 11.8. The predicted molar refractivity (Wildman–Crippen MR) is 102 cm³/mol. The minimum atomic E-state index is -0.944. The molecule has 0 saturated carbocycles. The molecular weight excluding hydrogens is 380 g/mol. The van der Waals surface area contributed by atoms with Crippen LogP contribution in [0.4, 0.5) is 10.6 Å². The molecule has 1 rings (SSSR count). The molecule has 0 aliphatic heterocycles. The van der Waals surface area contributed by atoms with Crippen LogP contribution in [-0.2, 0) is 20.7 Å². The van der Waals surface area contributed by atoms with E-state index in [2.05, 4.69) is 10.3 Å². The van der Waals surface area contributed by atoms with Crippen LogP contribution < -0.4 is 5.32 Å². The molecular formula is C17H23ClN2O5S. The van der Waals surface area contributed by atoms with Gasteiger partial charge in [-0.3, -0.25) is 14.9 Å². The molecule has 2 N–H and O–H groups in total. The number of carboxylic acids is 1. The monoisotopic (exact) mass is 402 g/mol. The van der Waals surface area contributed by atoms with Gasteiger partial charge in [0, 0.05) is 18.9 Å². The molecule has 1 atom stereocenters. The number of carbonyl (C=O) groups is 3. The Bertz CT molecular complexity index is 676. The van der Waals surface area contributed by atoms with Gasteiger partial charge in [0.1, 0.15) is 5.60 Å². The zero-order chi connectivity index (χ0) is 19.9. The lowest BCUT2D eigenvalue weighted by atomic mass is 10.0.